The Morgan fingerprint density at radius 1 is 1.10 bits per heavy atom. The van der Waals surface area contributed by atoms with E-state index < -0.39 is 0 Å². The molecule has 0 spiro atoms. The van der Waals surface area contributed by atoms with Crippen LogP contribution in [0.25, 0.3) is 0 Å². The molecule has 2 nitrogen and oxygen atoms in total. The van der Waals surface area contributed by atoms with Crippen LogP contribution in [0.1, 0.15) is 51.7 Å². The van der Waals surface area contributed by atoms with E-state index in [0.717, 1.165) is 32.0 Å². The monoisotopic (exact) mass is 290 g/mol. The van der Waals surface area contributed by atoms with Crippen LogP contribution in [-0.4, -0.2) is 31.1 Å². The zero-order chi connectivity index (χ0) is 15.7. The summed E-state index contributed by atoms with van der Waals surface area (Å²) in [5.41, 5.74) is 2.97. The molecule has 0 radical (unpaired) electrons. The van der Waals surface area contributed by atoms with Gasteiger partial charge in [-0.2, -0.15) is 0 Å². The third kappa shape index (κ3) is 7.10. The summed E-state index contributed by atoms with van der Waals surface area (Å²) in [6, 6.07) is 9.55. The molecule has 0 saturated heterocycles. The summed E-state index contributed by atoms with van der Waals surface area (Å²) in [6.45, 7) is 12.3. The lowest BCUT2D eigenvalue weighted by Gasteiger charge is -2.25. The Morgan fingerprint density at radius 3 is 2.38 bits per heavy atom. The Bertz CT molecular complexity index is 387. The molecule has 1 atom stereocenters. The summed E-state index contributed by atoms with van der Waals surface area (Å²) >= 11 is 0. The molecule has 0 aliphatic heterocycles. The van der Waals surface area contributed by atoms with Crippen molar-refractivity contribution < 1.29 is 0 Å². The van der Waals surface area contributed by atoms with E-state index in [0.29, 0.717) is 6.04 Å². The number of hydrogen-bond acceptors (Lipinski definition) is 2. The van der Waals surface area contributed by atoms with Gasteiger partial charge < -0.3 is 5.32 Å². The summed E-state index contributed by atoms with van der Waals surface area (Å²) in [7, 11) is 2.24. The van der Waals surface area contributed by atoms with Crippen molar-refractivity contribution in [3.63, 3.8) is 0 Å². The highest BCUT2D eigenvalue weighted by Gasteiger charge is 2.10. The molecule has 0 aliphatic rings. The molecule has 1 N–H and O–H groups in total. The summed E-state index contributed by atoms with van der Waals surface area (Å²) in [6.07, 6.45) is 3.65. The topological polar surface area (TPSA) is 15.3 Å². The number of nitrogens with zero attached hydrogens (tertiary/aromatic N) is 1. The second-order valence-electron chi connectivity index (χ2n) is 6.67. The number of benzene rings is 1. The van der Waals surface area contributed by atoms with Gasteiger partial charge in [0.25, 0.3) is 0 Å². The smallest absolute Gasteiger partial charge is 0.0236 e. The zero-order valence-corrected chi connectivity index (χ0v) is 14.7. The highest BCUT2D eigenvalue weighted by Crippen LogP contribution is 2.14. The Hall–Kier alpha value is -0.860. The van der Waals surface area contributed by atoms with Gasteiger partial charge in [-0.15, -0.1) is 0 Å². The molecule has 0 fully saturated rings. The molecule has 2 heteroatoms. The highest BCUT2D eigenvalue weighted by molar-refractivity contribution is 5.27. The molecule has 0 saturated carbocycles. The average Bonchev–Trinajstić information content (AvgIpc) is 2.45. The molecular weight excluding hydrogens is 256 g/mol. The van der Waals surface area contributed by atoms with E-state index in [-0.39, 0.29) is 0 Å². The van der Waals surface area contributed by atoms with Gasteiger partial charge in [0.05, 0.1) is 0 Å². The lowest BCUT2D eigenvalue weighted by molar-refractivity contribution is 0.236. The molecule has 0 amide bonds. The molecule has 0 aromatic heterocycles. The van der Waals surface area contributed by atoms with Crippen molar-refractivity contribution in [2.45, 2.75) is 59.5 Å². The van der Waals surface area contributed by atoms with Crippen molar-refractivity contribution in [2.75, 3.05) is 20.1 Å². The average molecular weight is 290 g/mol. The predicted octanol–water partition coefficient (Wildman–Crippen LogP) is 4.10. The molecule has 120 valence electrons. The van der Waals surface area contributed by atoms with Crippen molar-refractivity contribution in [1.29, 1.82) is 0 Å². The lowest BCUT2D eigenvalue weighted by Crippen LogP contribution is -2.29. The van der Waals surface area contributed by atoms with E-state index in [9.17, 15) is 0 Å². The minimum absolute atomic E-state index is 0.655. The molecule has 1 rings (SSSR count). The van der Waals surface area contributed by atoms with Crippen LogP contribution in [0.5, 0.6) is 0 Å². The molecule has 0 aliphatic carbocycles. The van der Waals surface area contributed by atoms with Crippen molar-refractivity contribution in [1.82, 2.24) is 10.2 Å². The first-order valence-corrected chi connectivity index (χ1v) is 8.52. The van der Waals surface area contributed by atoms with E-state index in [2.05, 4.69) is 69.2 Å². The van der Waals surface area contributed by atoms with Crippen LogP contribution in [0.15, 0.2) is 24.3 Å². The van der Waals surface area contributed by atoms with Gasteiger partial charge in [-0.1, -0.05) is 51.5 Å². The standard InChI is InChI=1S/C19H34N2/c1-6-9-17(4)21(5)15-19-11-8-7-10-18(19)12-13-20-14-16(2)3/h7-8,10-11,16-17,20H,6,9,12-15H2,1-5H3. The zero-order valence-electron chi connectivity index (χ0n) is 14.7. The van der Waals surface area contributed by atoms with Crippen LogP contribution in [-0.2, 0) is 13.0 Å². The van der Waals surface area contributed by atoms with E-state index in [1.165, 1.54) is 24.0 Å². The summed E-state index contributed by atoms with van der Waals surface area (Å²) in [5.74, 6) is 0.723. The lowest BCUT2D eigenvalue weighted by atomic mass is 10.0. The van der Waals surface area contributed by atoms with Gasteiger partial charge in [0.1, 0.15) is 0 Å². The first kappa shape index (κ1) is 18.2. The fourth-order valence-corrected chi connectivity index (χ4v) is 2.63. The highest BCUT2D eigenvalue weighted by atomic mass is 15.1. The maximum atomic E-state index is 3.54. The van der Waals surface area contributed by atoms with Gasteiger partial charge >= 0.3 is 0 Å². The first-order valence-electron chi connectivity index (χ1n) is 8.52. The van der Waals surface area contributed by atoms with Gasteiger partial charge in [-0.05, 0) is 56.9 Å². The minimum atomic E-state index is 0.655. The van der Waals surface area contributed by atoms with Gasteiger partial charge in [0.15, 0.2) is 0 Å². The third-order valence-corrected chi connectivity index (χ3v) is 4.12. The van der Waals surface area contributed by atoms with Crippen molar-refractivity contribution in [3.8, 4) is 0 Å². The fraction of sp³-hybridized carbons (Fsp3) is 0.684. The summed E-state index contributed by atoms with van der Waals surface area (Å²) in [4.78, 5) is 2.48. The maximum Gasteiger partial charge on any atom is 0.0236 e. The van der Waals surface area contributed by atoms with E-state index in [4.69, 9.17) is 0 Å². The number of nitrogens with one attached hydrogen (secondary N) is 1. The van der Waals surface area contributed by atoms with Crippen molar-refractivity contribution in [2.24, 2.45) is 5.92 Å². The Kier molecular flexibility index (Phi) is 8.63. The SMILES string of the molecule is CCCC(C)N(C)Cc1ccccc1CCNCC(C)C. The largest absolute Gasteiger partial charge is 0.316 e. The molecule has 1 aromatic rings. The van der Waals surface area contributed by atoms with Crippen LogP contribution >= 0.6 is 0 Å². The molecule has 0 heterocycles. The van der Waals surface area contributed by atoms with Gasteiger partial charge in [0, 0.05) is 12.6 Å². The molecule has 21 heavy (non-hydrogen) atoms. The quantitative estimate of drug-likeness (QED) is 0.653. The predicted molar refractivity (Wildman–Crippen MR) is 93.7 cm³/mol. The fourth-order valence-electron chi connectivity index (χ4n) is 2.63. The Labute approximate surface area is 131 Å². The van der Waals surface area contributed by atoms with Crippen LogP contribution in [0.3, 0.4) is 0 Å². The van der Waals surface area contributed by atoms with E-state index in [1.54, 1.807) is 0 Å². The van der Waals surface area contributed by atoms with Gasteiger partial charge in [-0.3, -0.25) is 4.90 Å². The summed E-state index contributed by atoms with van der Waals surface area (Å²) in [5, 5.41) is 3.54. The van der Waals surface area contributed by atoms with E-state index >= 15 is 0 Å². The molecule has 0 bridgehead atoms. The Balaban J connectivity index is 2.54. The molecule has 1 unspecified atom stereocenters. The third-order valence-electron chi connectivity index (χ3n) is 4.12. The van der Waals surface area contributed by atoms with Crippen LogP contribution < -0.4 is 5.32 Å². The normalized spacial score (nSPS) is 13.1. The summed E-state index contributed by atoms with van der Waals surface area (Å²) < 4.78 is 0. The number of hydrogen-bond donors (Lipinski definition) is 1. The van der Waals surface area contributed by atoms with Crippen LogP contribution in [0, 0.1) is 5.92 Å². The van der Waals surface area contributed by atoms with Gasteiger partial charge in [0.2, 0.25) is 0 Å². The second-order valence-corrected chi connectivity index (χ2v) is 6.67. The first-order chi connectivity index (χ1) is 10.0. The molecule has 1 aromatic carbocycles. The molecular formula is C19H34N2. The maximum absolute atomic E-state index is 3.54. The van der Waals surface area contributed by atoms with Crippen LogP contribution in [0.4, 0.5) is 0 Å². The van der Waals surface area contributed by atoms with Crippen LogP contribution in [0.2, 0.25) is 0 Å². The Morgan fingerprint density at radius 2 is 1.76 bits per heavy atom. The minimum Gasteiger partial charge on any atom is -0.316 e. The van der Waals surface area contributed by atoms with Gasteiger partial charge in [-0.25, -0.2) is 0 Å². The van der Waals surface area contributed by atoms with Crippen molar-refractivity contribution >= 4 is 0 Å². The van der Waals surface area contributed by atoms with E-state index in [1.807, 2.05) is 0 Å². The second kappa shape index (κ2) is 9.97. The van der Waals surface area contributed by atoms with Crippen molar-refractivity contribution in [3.05, 3.63) is 35.4 Å². The number of rotatable bonds is 10.